The Hall–Kier alpha value is -2.34. The van der Waals surface area contributed by atoms with Gasteiger partial charge >= 0.3 is 0 Å². The molecule has 6 heteroatoms. The summed E-state index contributed by atoms with van der Waals surface area (Å²) in [5, 5.41) is 7.14. The summed E-state index contributed by atoms with van der Waals surface area (Å²) < 4.78 is 0. The van der Waals surface area contributed by atoms with Crippen LogP contribution in [0.4, 0.5) is 0 Å². The van der Waals surface area contributed by atoms with E-state index in [2.05, 4.69) is 59.5 Å². The predicted molar refractivity (Wildman–Crippen MR) is 108 cm³/mol. The molecule has 2 aromatic rings. The Labute approximate surface area is 160 Å². The SMILES string of the molecule is Cc1cccc2c(C[C@H](C)NC(=O)C[C@H]3C(=O)NCCN3C(C)C)c[nH]c12. The first-order valence-corrected chi connectivity index (χ1v) is 9.75. The van der Waals surface area contributed by atoms with Gasteiger partial charge in [0.15, 0.2) is 0 Å². The van der Waals surface area contributed by atoms with Crippen LogP contribution in [-0.4, -0.2) is 52.9 Å². The van der Waals surface area contributed by atoms with Crippen molar-refractivity contribution in [2.45, 2.75) is 58.7 Å². The van der Waals surface area contributed by atoms with Crippen molar-refractivity contribution in [3.05, 3.63) is 35.5 Å². The molecule has 0 bridgehead atoms. The molecule has 27 heavy (non-hydrogen) atoms. The Kier molecular flexibility index (Phi) is 5.85. The van der Waals surface area contributed by atoms with Gasteiger partial charge in [-0.05, 0) is 45.2 Å². The van der Waals surface area contributed by atoms with Crippen LogP contribution in [0.25, 0.3) is 10.9 Å². The molecule has 1 aromatic carbocycles. The molecule has 2 amide bonds. The summed E-state index contributed by atoms with van der Waals surface area (Å²) in [6, 6.07) is 6.10. The smallest absolute Gasteiger partial charge is 0.237 e. The monoisotopic (exact) mass is 370 g/mol. The number of benzene rings is 1. The Morgan fingerprint density at radius 2 is 2.11 bits per heavy atom. The number of amides is 2. The molecule has 0 saturated carbocycles. The van der Waals surface area contributed by atoms with Gasteiger partial charge in [0, 0.05) is 42.3 Å². The highest BCUT2D eigenvalue weighted by Crippen LogP contribution is 2.22. The van der Waals surface area contributed by atoms with Gasteiger partial charge in [0.05, 0.1) is 12.5 Å². The van der Waals surface area contributed by atoms with E-state index in [0.717, 1.165) is 18.5 Å². The Morgan fingerprint density at radius 3 is 2.85 bits per heavy atom. The number of nitrogens with one attached hydrogen (secondary N) is 3. The molecule has 2 heterocycles. The third-order valence-electron chi connectivity index (χ3n) is 5.36. The summed E-state index contributed by atoms with van der Waals surface area (Å²) in [6.45, 7) is 9.64. The number of nitrogens with zero attached hydrogens (tertiary/aromatic N) is 1. The normalized spacial score (nSPS) is 19.3. The van der Waals surface area contributed by atoms with Crippen LogP contribution in [0.15, 0.2) is 24.4 Å². The number of para-hydroxylation sites is 1. The van der Waals surface area contributed by atoms with E-state index in [-0.39, 0.29) is 36.4 Å². The quantitative estimate of drug-likeness (QED) is 0.729. The zero-order valence-corrected chi connectivity index (χ0v) is 16.6. The van der Waals surface area contributed by atoms with Crippen molar-refractivity contribution in [3.63, 3.8) is 0 Å². The van der Waals surface area contributed by atoms with Gasteiger partial charge in [-0.15, -0.1) is 0 Å². The molecule has 146 valence electrons. The first kappa shape index (κ1) is 19.4. The van der Waals surface area contributed by atoms with Crippen LogP contribution < -0.4 is 10.6 Å². The van der Waals surface area contributed by atoms with E-state index in [9.17, 15) is 9.59 Å². The van der Waals surface area contributed by atoms with Gasteiger partial charge in [-0.1, -0.05) is 18.2 Å². The van der Waals surface area contributed by atoms with Crippen LogP contribution in [0.3, 0.4) is 0 Å². The highest BCUT2D eigenvalue weighted by atomic mass is 16.2. The summed E-state index contributed by atoms with van der Waals surface area (Å²) in [5.41, 5.74) is 3.56. The summed E-state index contributed by atoms with van der Waals surface area (Å²) in [6.07, 6.45) is 2.97. The molecular weight excluding hydrogens is 340 g/mol. The number of carbonyl (C=O) groups excluding carboxylic acids is 2. The second-order valence-corrected chi connectivity index (χ2v) is 7.83. The number of H-pyrrole nitrogens is 1. The Bertz CT molecular complexity index is 827. The summed E-state index contributed by atoms with van der Waals surface area (Å²) in [4.78, 5) is 30.2. The van der Waals surface area contributed by atoms with Gasteiger partial charge in [-0.25, -0.2) is 0 Å². The van der Waals surface area contributed by atoms with Crippen molar-refractivity contribution < 1.29 is 9.59 Å². The Morgan fingerprint density at radius 1 is 1.33 bits per heavy atom. The largest absolute Gasteiger partial charge is 0.361 e. The molecule has 1 saturated heterocycles. The molecule has 1 fully saturated rings. The van der Waals surface area contributed by atoms with Gasteiger partial charge < -0.3 is 15.6 Å². The second kappa shape index (κ2) is 8.13. The maximum Gasteiger partial charge on any atom is 0.237 e. The lowest BCUT2D eigenvalue weighted by Gasteiger charge is -2.37. The fraction of sp³-hybridized carbons (Fsp3) is 0.524. The van der Waals surface area contributed by atoms with E-state index in [1.807, 2.05) is 13.1 Å². The number of hydrogen-bond acceptors (Lipinski definition) is 3. The number of carbonyl (C=O) groups is 2. The van der Waals surface area contributed by atoms with Gasteiger partial charge in [0.2, 0.25) is 11.8 Å². The molecule has 6 nitrogen and oxygen atoms in total. The molecule has 1 aromatic heterocycles. The number of fused-ring (bicyclic) bond motifs is 1. The van der Waals surface area contributed by atoms with Crippen molar-refractivity contribution in [1.82, 2.24) is 20.5 Å². The van der Waals surface area contributed by atoms with Gasteiger partial charge in [-0.2, -0.15) is 0 Å². The molecule has 0 spiro atoms. The fourth-order valence-electron chi connectivity index (χ4n) is 3.98. The summed E-state index contributed by atoms with van der Waals surface area (Å²) >= 11 is 0. The third-order valence-corrected chi connectivity index (χ3v) is 5.36. The van der Waals surface area contributed by atoms with Gasteiger partial charge in [0.1, 0.15) is 0 Å². The number of rotatable bonds is 6. The van der Waals surface area contributed by atoms with Crippen LogP contribution >= 0.6 is 0 Å². The van der Waals surface area contributed by atoms with Crippen LogP contribution in [0.2, 0.25) is 0 Å². The van der Waals surface area contributed by atoms with E-state index in [1.165, 1.54) is 16.5 Å². The Balaban J connectivity index is 1.61. The average molecular weight is 370 g/mol. The molecule has 0 radical (unpaired) electrons. The number of aromatic amines is 1. The minimum absolute atomic E-state index is 0.00355. The first-order valence-electron chi connectivity index (χ1n) is 9.75. The zero-order chi connectivity index (χ0) is 19.6. The highest BCUT2D eigenvalue weighted by molar-refractivity contribution is 5.89. The number of piperazine rings is 1. The molecule has 1 aliphatic rings. The van der Waals surface area contributed by atoms with E-state index in [0.29, 0.717) is 6.54 Å². The second-order valence-electron chi connectivity index (χ2n) is 7.83. The number of hydrogen-bond donors (Lipinski definition) is 3. The van der Waals surface area contributed by atoms with E-state index in [4.69, 9.17) is 0 Å². The molecule has 1 aliphatic heterocycles. The maximum atomic E-state index is 12.6. The van der Waals surface area contributed by atoms with E-state index < -0.39 is 0 Å². The number of aromatic nitrogens is 1. The first-order chi connectivity index (χ1) is 12.9. The topological polar surface area (TPSA) is 77.2 Å². The predicted octanol–water partition coefficient (Wildman–Crippen LogP) is 2.12. The molecule has 2 atom stereocenters. The van der Waals surface area contributed by atoms with E-state index >= 15 is 0 Å². The summed E-state index contributed by atoms with van der Waals surface area (Å²) in [7, 11) is 0. The minimum atomic E-state index is -0.387. The molecule has 0 aliphatic carbocycles. The molecule has 0 unspecified atom stereocenters. The number of aryl methyl sites for hydroxylation is 1. The van der Waals surface area contributed by atoms with Crippen molar-refractivity contribution in [2.24, 2.45) is 0 Å². The van der Waals surface area contributed by atoms with Crippen LogP contribution in [-0.2, 0) is 16.0 Å². The molecular formula is C21H30N4O2. The zero-order valence-electron chi connectivity index (χ0n) is 16.6. The van der Waals surface area contributed by atoms with Crippen LogP contribution in [0.1, 0.15) is 38.3 Å². The summed E-state index contributed by atoms with van der Waals surface area (Å²) in [5.74, 6) is -0.129. The standard InChI is InChI=1S/C21H30N4O2/c1-13(2)25-9-8-22-21(27)18(25)11-19(26)24-15(4)10-16-12-23-20-14(3)6-5-7-17(16)20/h5-7,12-13,15,18,23H,8-11H2,1-4H3,(H,22,27)(H,24,26)/t15-,18-/m0/s1. The average Bonchev–Trinajstić information content (AvgIpc) is 3.00. The maximum absolute atomic E-state index is 12.6. The minimum Gasteiger partial charge on any atom is -0.361 e. The lowest BCUT2D eigenvalue weighted by molar-refractivity contribution is -0.135. The van der Waals surface area contributed by atoms with E-state index in [1.54, 1.807) is 0 Å². The van der Waals surface area contributed by atoms with Crippen LogP contribution in [0.5, 0.6) is 0 Å². The van der Waals surface area contributed by atoms with Crippen molar-refractivity contribution >= 4 is 22.7 Å². The van der Waals surface area contributed by atoms with Gasteiger partial charge in [0.25, 0.3) is 0 Å². The van der Waals surface area contributed by atoms with Crippen molar-refractivity contribution in [1.29, 1.82) is 0 Å². The third kappa shape index (κ3) is 4.33. The van der Waals surface area contributed by atoms with Crippen molar-refractivity contribution in [2.75, 3.05) is 13.1 Å². The lowest BCUT2D eigenvalue weighted by Crippen LogP contribution is -2.58. The highest BCUT2D eigenvalue weighted by Gasteiger charge is 2.33. The molecule has 3 N–H and O–H groups in total. The van der Waals surface area contributed by atoms with Crippen LogP contribution in [0, 0.1) is 6.92 Å². The van der Waals surface area contributed by atoms with Gasteiger partial charge in [-0.3, -0.25) is 14.5 Å². The van der Waals surface area contributed by atoms with Crippen molar-refractivity contribution in [3.8, 4) is 0 Å². The molecule has 3 rings (SSSR count). The fourth-order valence-corrected chi connectivity index (χ4v) is 3.98. The lowest BCUT2D eigenvalue weighted by atomic mass is 10.0.